The molecule has 2 aromatic carbocycles. The number of imidazole rings is 1. The van der Waals surface area contributed by atoms with Gasteiger partial charge in [-0.25, -0.2) is 4.98 Å². The first-order valence-corrected chi connectivity index (χ1v) is 11.7. The van der Waals surface area contributed by atoms with Crippen molar-refractivity contribution < 1.29 is 9.59 Å². The summed E-state index contributed by atoms with van der Waals surface area (Å²) in [5, 5.41) is 0. The second-order valence-electron chi connectivity index (χ2n) is 8.93. The molecule has 0 N–H and O–H groups in total. The number of aryl methyl sites for hydroxylation is 2. The Morgan fingerprint density at radius 1 is 1.09 bits per heavy atom. The van der Waals surface area contributed by atoms with E-state index >= 15 is 0 Å². The van der Waals surface area contributed by atoms with Crippen LogP contribution in [0.3, 0.4) is 0 Å². The molecule has 172 valence electrons. The van der Waals surface area contributed by atoms with Crippen LogP contribution in [0, 0.1) is 12.8 Å². The maximum atomic E-state index is 13.5. The number of hydrogen-bond donors (Lipinski definition) is 0. The molecule has 1 saturated heterocycles. The number of amides is 2. The maximum absolute atomic E-state index is 13.5. The lowest BCUT2D eigenvalue weighted by molar-refractivity contribution is -0.134. The summed E-state index contributed by atoms with van der Waals surface area (Å²) < 4.78 is 1.77. The largest absolute Gasteiger partial charge is 0.341 e. The zero-order chi connectivity index (χ0) is 23.4. The molecule has 4 rings (SSSR count). The molecule has 2 amide bonds. The van der Waals surface area contributed by atoms with E-state index in [1.807, 2.05) is 24.1 Å². The first kappa shape index (κ1) is 22.8. The van der Waals surface area contributed by atoms with Crippen LogP contribution in [-0.4, -0.2) is 57.3 Å². The second kappa shape index (κ2) is 10.0. The Bertz CT molecular complexity index is 1120. The Labute approximate surface area is 195 Å². The third-order valence-electron chi connectivity index (χ3n) is 6.29. The lowest BCUT2D eigenvalue weighted by atomic mass is 9.91. The highest BCUT2D eigenvalue weighted by atomic mass is 16.2. The number of carbonyl (C=O) groups excluding carboxylic acids is 2. The van der Waals surface area contributed by atoms with E-state index in [1.165, 1.54) is 5.56 Å². The van der Waals surface area contributed by atoms with Crippen molar-refractivity contribution in [2.24, 2.45) is 13.0 Å². The molecule has 0 bridgehead atoms. The fraction of sp³-hybridized carbons (Fsp3) is 0.370. The molecule has 0 spiro atoms. The molecule has 0 aliphatic carbocycles. The fourth-order valence-corrected chi connectivity index (χ4v) is 4.54. The number of carbonyl (C=O) groups is 2. The van der Waals surface area contributed by atoms with Gasteiger partial charge in [0.1, 0.15) is 5.69 Å². The first-order valence-electron chi connectivity index (χ1n) is 11.7. The zero-order valence-electron chi connectivity index (χ0n) is 19.7. The zero-order valence-corrected chi connectivity index (χ0v) is 19.7. The van der Waals surface area contributed by atoms with Gasteiger partial charge in [0.25, 0.3) is 5.91 Å². The monoisotopic (exact) mass is 444 g/mol. The van der Waals surface area contributed by atoms with Crippen LogP contribution in [0.25, 0.3) is 11.1 Å². The summed E-state index contributed by atoms with van der Waals surface area (Å²) >= 11 is 0. The van der Waals surface area contributed by atoms with E-state index in [2.05, 4.69) is 55.2 Å². The standard InChI is InChI=1S/C27H32N4O2/c1-4-13-30-14-15-31(27(33)25-18-29(3)19-28-25)17-23(26(30)32)16-22-7-5-6-8-24(22)21-11-9-20(2)10-12-21/h5-12,18-19,23H,4,13-17H2,1-3H3/t23-/m0/s1. The minimum Gasteiger partial charge on any atom is -0.341 e. The van der Waals surface area contributed by atoms with Crippen molar-refractivity contribution >= 4 is 11.8 Å². The molecule has 1 aromatic heterocycles. The van der Waals surface area contributed by atoms with Crippen molar-refractivity contribution in [2.45, 2.75) is 26.7 Å². The van der Waals surface area contributed by atoms with E-state index in [0.29, 0.717) is 38.3 Å². The van der Waals surface area contributed by atoms with Crippen LogP contribution in [0.4, 0.5) is 0 Å². The van der Waals surface area contributed by atoms with Gasteiger partial charge in [-0.1, -0.05) is 61.0 Å². The van der Waals surface area contributed by atoms with Crippen LogP contribution in [-0.2, 0) is 18.3 Å². The molecule has 6 heteroatoms. The lowest BCUT2D eigenvalue weighted by Gasteiger charge is -2.24. The van der Waals surface area contributed by atoms with Crippen molar-refractivity contribution in [3.05, 3.63) is 77.9 Å². The van der Waals surface area contributed by atoms with Gasteiger partial charge in [-0.3, -0.25) is 9.59 Å². The van der Waals surface area contributed by atoms with E-state index in [0.717, 1.165) is 23.1 Å². The summed E-state index contributed by atoms with van der Waals surface area (Å²) in [6, 6.07) is 16.7. The summed E-state index contributed by atoms with van der Waals surface area (Å²) in [6.45, 7) is 6.35. The summed E-state index contributed by atoms with van der Waals surface area (Å²) in [5.41, 5.74) is 5.05. The average Bonchev–Trinajstić information content (AvgIpc) is 3.20. The van der Waals surface area contributed by atoms with Crippen molar-refractivity contribution in [1.29, 1.82) is 0 Å². The second-order valence-corrected chi connectivity index (χ2v) is 8.93. The van der Waals surface area contributed by atoms with Crippen LogP contribution >= 0.6 is 0 Å². The molecule has 1 atom stereocenters. The molecule has 6 nitrogen and oxygen atoms in total. The molecule has 0 radical (unpaired) electrons. The van der Waals surface area contributed by atoms with E-state index in [9.17, 15) is 9.59 Å². The number of nitrogens with zero attached hydrogens (tertiary/aromatic N) is 4. The van der Waals surface area contributed by atoms with Crippen molar-refractivity contribution in [3.63, 3.8) is 0 Å². The maximum Gasteiger partial charge on any atom is 0.274 e. The van der Waals surface area contributed by atoms with Crippen LogP contribution < -0.4 is 0 Å². The summed E-state index contributed by atoms with van der Waals surface area (Å²) in [6.07, 6.45) is 4.86. The number of aromatic nitrogens is 2. The minimum atomic E-state index is -0.293. The molecular weight excluding hydrogens is 412 g/mol. The predicted octanol–water partition coefficient (Wildman–Crippen LogP) is 3.95. The topological polar surface area (TPSA) is 58.4 Å². The third kappa shape index (κ3) is 5.16. The Kier molecular flexibility index (Phi) is 6.92. The van der Waals surface area contributed by atoms with Crippen LogP contribution in [0.5, 0.6) is 0 Å². The van der Waals surface area contributed by atoms with E-state index in [4.69, 9.17) is 0 Å². The molecule has 3 aromatic rings. The number of hydrogen-bond acceptors (Lipinski definition) is 3. The Hall–Kier alpha value is -3.41. The van der Waals surface area contributed by atoms with E-state index in [1.54, 1.807) is 22.0 Å². The molecule has 1 aliphatic rings. The summed E-state index contributed by atoms with van der Waals surface area (Å²) in [5.74, 6) is -0.274. The fourth-order valence-electron chi connectivity index (χ4n) is 4.54. The van der Waals surface area contributed by atoms with Crippen LogP contribution in [0.15, 0.2) is 61.1 Å². The first-order chi connectivity index (χ1) is 16.0. The quantitative estimate of drug-likeness (QED) is 0.579. The van der Waals surface area contributed by atoms with E-state index < -0.39 is 0 Å². The van der Waals surface area contributed by atoms with E-state index in [-0.39, 0.29) is 17.7 Å². The van der Waals surface area contributed by atoms with Gasteiger partial charge in [-0.05, 0) is 36.5 Å². The third-order valence-corrected chi connectivity index (χ3v) is 6.29. The van der Waals surface area contributed by atoms with Gasteiger partial charge in [-0.2, -0.15) is 0 Å². The Balaban J connectivity index is 1.63. The Morgan fingerprint density at radius 3 is 2.55 bits per heavy atom. The predicted molar refractivity (Wildman–Crippen MR) is 130 cm³/mol. The number of benzene rings is 2. The van der Waals surface area contributed by atoms with Gasteiger partial charge in [0.15, 0.2) is 0 Å². The van der Waals surface area contributed by atoms with Gasteiger partial charge in [0.05, 0.1) is 12.2 Å². The summed E-state index contributed by atoms with van der Waals surface area (Å²) in [4.78, 5) is 34.6. The highest BCUT2D eigenvalue weighted by Gasteiger charge is 2.33. The van der Waals surface area contributed by atoms with Gasteiger partial charge >= 0.3 is 0 Å². The van der Waals surface area contributed by atoms with Gasteiger partial charge < -0.3 is 14.4 Å². The smallest absolute Gasteiger partial charge is 0.274 e. The minimum absolute atomic E-state index is 0.112. The van der Waals surface area contributed by atoms with Crippen LogP contribution in [0.1, 0.15) is 35.0 Å². The van der Waals surface area contributed by atoms with Crippen molar-refractivity contribution in [3.8, 4) is 11.1 Å². The molecule has 2 heterocycles. The molecule has 1 fully saturated rings. The molecule has 0 saturated carbocycles. The van der Waals surface area contributed by atoms with Gasteiger partial charge in [0.2, 0.25) is 5.91 Å². The van der Waals surface area contributed by atoms with Crippen LogP contribution in [0.2, 0.25) is 0 Å². The normalized spacial score (nSPS) is 16.7. The lowest BCUT2D eigenvalue weighted by Crippen LogP contribution is -2.38. The molecular formula is C27H32N4O2. The molecule has 0 unspecified atom stereocenters. The van der Waals surface area contributed by atoms with Crippen molar-refractivity contribution in [1.82, 2.24) is 19.4 Å². The highest BCUT2D eigenvalue weighted by Crippen LogP contribution is 2.28. The summed E-state index contributed by atoms with van der Waals surface area (Å²) in [7, 11) is 1.85. The Morgan fingerprint density at radius 2 is 1.85 bits per heavy atom. The van der Waals surface area contributed by atoms with Gasteiger partial charge in [0, 0.05) is 39.4 Å². The van der Waals surface area contributed by atoms with Gasteiger partial charge in [-0.15, -0.1) is 0 Å². The van der Waals surface area contributed by atoms with Crippen molar-refractivity contribution in [2.75, 3.05) is 26.2 Å². The highest BCUT2D eigenvalue weighted by molar-refractivity contribution is 5.93. The SMILES string of the molecule is CCCN1CCN(C(=O)c2cn(C)cn2)C[C@H](Cc2ccccc2-c2ccc(C)cc2)C1=O. The molecule has 1 aliphatic heterocycles. The average molecular weight is 445 g/mol. The number of rotatable bonds is 6. The molecule has 33 heavy (non-hydrogen) atoms.